The summed E-state index contributed by atoms with van der Waals surface area (Å²) < 4.78 is 5.13. The van der Waals surface area contributed by atoms with Crippen LogP contribution in [0, 0.1) is 0 Å². The summed E-state index contributed by atoms with van der Waals surface area (Å²) in [5.41, 5.74) is 4.98. The summed E-state index contributed by atoms with van der Waals surface area (Å²) in [6.07, 6.45) is 6.44. The second kappa shape index (κ2) is 17.9. The lowest BCUT2D eigenvalue weighted by Gasteiger charge is -2.24. The summed E-state index contributed by atoms with van der Waals surface area (Å²) in [5.74, 6) is -4.28. The Morgan fingerprint density at radius 3 is 1.88 bits per heavy atom. The zero-order chi connectivity index (χ0) is 31.0. The van der Waals surface area contributed by atoms with Crippen molar-refractivity contribution >= 4 is 51.6 Å². The third kappa shape index (κ3) is 17.1. The summed E-state index contributed by atoms with van der Waals surface area (Å²) in [5, 5.41) is 21.2. The van der Waals surface area contributed by atoms with E-state index in [0.29, 0.717) is 26.0 Å². The van der Waals surface area contributed by atoms with Crippen molar-refractivity contribution in [1.29, 1.82) is 0 Å². The number of amides is 6. The Labute approximate surface area is 235 Å². The molecule has 0 aliphatic heterocycles. The number of carbonyl (C=O) groups is 7. The van der Waals surface area contributed by atoms with Gasteiger partial charge in [-0.2, -0.15) is 0 Å². The molecule has 0 spiro atoms. The molecule has 0 radical (unpaired) electrons. The molecular weight excluding hydrogens is 548 g/mol. The van der Waals surface area contributed by atoms with Crippen LogP contribution < -0.4 is 32.3 Å². The first-order valence-corrected chi connectivity index (χ1v) is 15.7. The van der Waals surface area contributed by atoms with Gasteiger partial charge in [0.15, 0.2) is 0 Å². The normalized spacial score (nSPS) is 14.3. The first kappa shape index (κ1) is 36.4. The molecule has 0 aromatic rings. The van der Waals surface area contributed by atoms with Gasteiger partial charge >= 0.3 is 12.1 Å². The molecule has 0 saturated carbocycles. The molecule has 8 N–H and O–H groups in total. The highest BCUT2D eigenvalue weighted by Gasteiger charge is 2.28. The maximum Gasteiger partial charge on any atom is 0.407 e. The Morgan fingerprint density at radius 1 is 0.825 bits per heavy atom. The van der Waals surface area contributed by atoms with Gasteiger partial charge in [0.1, 0.15) is 30.8 Å². The third-order valence-electron chi connectivity index (χ3n) is 5.34. The topological polar surface area (TPSA) is 235 Å². The van der Waals surface area contributed by atoms with E-state index >= 15 is 0 Å². The van der Waals surface area contributed by atoms with Crippen molar-refractivity contribution in [2.24, 2.45) is 5.73 Å². The minimum atomic E-state index is -1.56. The van der Waals surface area contributed by atoms with E-state index in [4.69, 9.17) is 15.6 Å². The molecule has 0 aromatic carbocycles. The molecule has 0 saturated heterocycles. The summed E-state index contributed by atoms with van der Waals surface area (Å²) in [4.78, 5) is 83.0. The Bertz CT molecular complexity index is 925. The van der Waals surface area contributed by atoms with Crippen LogP contribution in [0.2, 0.25) is 0 Å². The highest BCUT2D eigenvalue weighted by Crippen LogP contribution is 2.33. The first-order valence-electron chi connectivity index (χ1n) is 12.7. The maximum absolute atomic E-state index is 12.7. The quantitative estimate of drug-likeness (QED) is 0.0919. The number of carboxylic acids is 1. The van der Waals surface area contributed by atoms with Crippen LogP contribution >= 0.6 is 10.0 Å². The zero-order valence-electron chi connectivity index (χ0n) is 24.0. The molecule has 0 bridgehead atoms. The largest absolute Gasteiger partial charge is 0.480 e. The van der Waals surface area contributed by atoms with Gasteiger partial charge in [0.2, 0.25) is 29.5 Å². The van der Waals surface area contributed by atoms with Gasteiger partial charge in [0.25, 0.3) is 0 Å². The monoisotopic (exact) mass is 592 g/mol. The fourth-order valence-electron chi connectivity index (χ4n) is 3.09. The Balaban J connectivity index is 4.72. The number of carboxylic acid groups (broad SMARTS) is 1. The van der Waals surface area contributed by atoms with E-state index in [1.807, 2.05) is 0 Å². The summed E-state index contributed by atoms with van der Waals surface area (Å²) in [6, 6.07) is -4.80. The van der Waals surface area contributed by atoms with Crippen LogP contribution in [-0.4, -0.2) is 109 Å². The lowest BCUT2D eigenvalue weighted by atomic mass is 10.1. The van der Waals surface area contributed by atoms with Crippen molar-refractivity contribution < 1.29 is 43.4 Å². The number of aliphatic carboxylic acids is 1. The number of primary amides is 1. The van der Waals surface area contributed by atoms with Crippen LogP contribution in [0.15, 0.2) is 0 Å². The number of hydrogen-bond donors (Lipinski definition) is 7. The van der Waals surface area contributed by atoms with E-state index in [1.165, 1.54) is 20.8 Å². The van der Waals surface area contributed by atoms with Gasteiger partial charge in [-0.1, -0.05) is 0 Å². The van der Waals surface area contributed by atoms with Crippen LogP contribution in [0.5, 0.6) is 0 Å². The molecule has 230 valence electrons. The molecule has 4 atom stereocenters. The molecule has 6 amide bonds. The SMILES string of the molecule is CC(=O)N[C@@H](CCCCNC(=O)OCCS(C)(C)C)C(=O)N[C@@H](C)C(=O)N[C@@H](C)C(=O)N[C@@H](CC(N)=O)C(=O)O. The van der Waals surface area contributed by atoms with Gasteiger partial charge in [-0.3, -0.25) is 24.0 Å². The lowest BCUT2D eigenvalue weighted by Crippen LogP contribution is -2.56. The molecule has 0 aliphatic carbocycles. The van der Waals surface area contributed by atoms with E-state index in [9.17, 15) is 33.6 Å². The Morgan fingerprint density at radius 2 is 1.38 bits per heavy atom. The number of hydrogen-bond acceptors (Lipinski definition) is 8. The van der Waals surface area contributed by atoms with Gasteiger partial charge in [-0.15, -0.1) is 0 Å². The maximum atomic E-state index is 12.7. The summed E-state index contributed by atoms with van der Waals surface area (Å²) in [7, 11) is -0.766. The van der Waals surface area contributed by atoms with E-state index < -0.39 is 82.2 Å². The Kier molecular flexibility index (Phi) is 16.3. The molecule has 0 fully saturated rings. The molecule has 15 nitrogen and oxygen atoms in total. The molecule has 0 heterocycles. The highest BCUT2D eigenvalue weighted by molar-refractivity contribution is 8.32. The minimum absolute atomic E-state index is 0.235. The number of rotatable bonds is 18. The molecular formula is C24H44N6O9S. The molecule has 16 heteroatoms. The van der Waals surface area contributed by atoms with E-state index in [0.717, 1.165) is 5.75 Å². The van der Waals surface area contributed by atoms with Crippen molar-refractivity contribution in [3.63, 3.8) is 0 Å². The smallest absolute Gasteiger partial charge is 0.407 e. The Hall–Kier alpha value is -3.56. The predicted molar refractivity (Wildman–Crippen MR) is 150 cm³/mol. The third-order valence-corrected chi connectivity index (χ3v) is 6.73. The number of alkyl carbamates (subject to hydrolysis) is 1. The van der Waals surface area contributed by atoms with Crippen molar-refractivity contribution in [2.45, 2.75) is 70.6 Å². The molecule has 40 heavy (non-hydrogen) atoms. The molecule has 0 aliphatic rings. The average Bonchev–Trinajstić information content (AvgIpc) is 2.80. The minimum Gasteiger partial charge on any atom is -0.480 e. The molecule has 0 aromatic heterocycles. The second-order valence-electron chi connectivity index (χ2n) is 10.1. The van der Waals surface area contributed by atoms with Gasteiger partial charge in [-0.05, 0) is 51.9 Å². The van der Waals surface area contributed by atoms with Crippen LogP contribution in [-0.2, 0) is 33.5 Å². The van der Waals surface area contributed by atoms with Gasteiger partial charge in [0, 0.05) is 19.2 Å². The second-order valence-corrected chi connectivity index (χ2v) is 14.7. The number of ether oxygens (including phenoxy) is 1. The number of nitrogens with two attached hydrogens (primary N) is 1. The van der Waals surface area contributed by atoms with Gasteiger partial charge < -0.3 is 42.2 Å². The van der Waals surface area contributed by atoms with E-state index in [1.54, 1.807) is 0 Å². The first-order chi connectivity index (χ1) is 18.4. The van der Waals surface area contributed by atoms with Crippen molar-refractivity contribution in [3.05, 3.63) is 0 Å². The van der Waals surface area contributed by atoms with Crippen molar-refractivity contribution in [3.8, 4) is 0 Å². The molecule has 0 rings (SSSR count). The number of carbonyl (C=O) groups excluding carboxylic acids is 6. The molecule has 0 unspecified atom stereocenters. The van der Waals surface area contributed by atoms with E-state index in [2.05, 4.69) is 45.4 Å². The van der Waals surface area contributed by atoms with Crippen LogP contribution in [0.3, 0.4) is 0 Å². The van der Waals surface area contributed by atoms with Crippen LogP contribution in [0.4, 0.5) is 4.79 Å². The van der Waals surface area contributed by atoms with Crippen LogP contribution in [0.1, 0.15) is 46.5 Å². The van der Waals surface area contributed by atoms with Crippen molar-refractivity contribution in [2.75, 3.05) is 37.7 Å². The van der Waals surface area contributed by atoms with Gasteiger partial charge in [0.05, 0.1) is 6.42 Å². The highest BCUT2D eigenvalue weighted by atomic mass is 32.3. The van der Waals surface area contributed by atoms with Crippen LogP contribution in [0.25, 0.3) is 0 Å². The zero-order valence-corrected chi connectivity index (χ0v) is 24.8. The summed E-state index contributed by atoms with van der Waals surface area (Å²) >= 11 is 0. The number of unbranched alkanes of at least 4 members (excludes halogenated alkanes) is 1. The summed E-state index contributed by atoms with van der Waals surface area (Å²) in [6.45, 7) is 4.56. The fourth-order valence-corrected chi connectivity index (χ4v) is 3.68. The predicted octanol–water partition coefficient (Wildman–Crippen LogP) is -1.46. The van der Waals surface area contributed by atoms with Gasteiger partial charge in [-0.25, -0.2) is 19.6 Å². The van der Waals surface area contributed by atoms with Crippen molar-refractivity contribution in [1.82, 2.24) is 26.6 Å². The number of nitrogens with one attached hydrogen (secondary N) is 5. The fraction of sp³-hybridized carbons (Fsp3) is 0.708. The van der Waals surface area contributed by atoms with E-state index in [-0.39, 0.29) is 6.42 Å². The lowest BCUT2D eigenvalue weighted by molar-refractivity contribution is -0.143. The standard InChI is InChI=1S/C24H44N6O9S/c1-14(20(33)27-15(2)21(34)30-18(23(36)37)13-19(25)32)28-22(35)17(29-16(3)31)9-7-8-10-26-24(38)39-11-12-40(4,5)6/h14-15,17-18H,7-13H2,1-6H3,(H2,25,32)(H,26,38)(H,27,33)(H,28,35)(H,29,31)(H,30,34)(H,36,37)/t14-,15-,17-,18-/m0/s1. The average molecular weight is 593 g/mol.